The van der Waals surface area contributed by atoms with Crippen molar-refractivity contribution >= 4 is 23.5 Å². The van der Waals surface area contributed by atoms with Gasteiger partial charge in [0.05, 0.1) is 18.7 Å². The molecule has 1 N–H and O–H groups in total. The molecule has 2 saturated carbocycles. The maximum Gasteiger partial charge on any atom is 0.303 e. The number of aliphatic carboxylic acids is 1. The third-order valence-corrected chi connectivity index (χ3v) is 6.82. The molecule has 31 heavy (non-hydrogen) atoms. The molecule has 7 nitrogen and oxygen atoms in total. The first-order valence-corrected chi connectivity index (χ1v) is 11.0. The molecule has 0 spiro atoms. The highest BCUT2D eigenvalue weighted by atomic mass is 16.4. The Bertz CT molecular complexity index is 997. The molecule has 0 saturated heterocycles. The van der Waals surface area contributed by atoms with E-state index in [-0.39, 0.29) is 48.7 Å². The fourth-order valence-corrected chi connectivity index (χ4v) is 5.44. The SMILES string of the molecule is O=C(O)CCC(=O)N(C1CC1)[C@H]1c2ccccc2N(C(=O)c2ccco2)[C@@H]2CCC[C@@H]21. The summed E-state index contributed by atoms with van der Waals surface area (Å²) in [6.07, 6.45) is 6.06. The molecule has 2 heterocycles. The Morgan fingerprint density at radius 2 is 1.84 bits per heavy atom. The van der Waals surface area contributed by atoms with Crippen LogP contribution in [0.5, 0.6) is 0 Å². The molecule has 0 radical (unpaired) electrons. The van der Waals surface area contributed by atoms with Gasteiger partial charge in [-0.25, -0.2) is 0 Å². The zero-order chi connectivity index (χ0) is 21.5. The first-order chi connectivity index (χ1) is 15.1. The summed E-state index contributed by atoms with van der Waals surface area (Å²) >= 11 is 0. The van der Waals surface area contributed by atoms with Crippen molar-refractivity contribution in [2.75, 3.05) is 4.90 Å². The average Bonchev–Trinajstić information content (AvgIpc) is 3.24. The lowest BCUT2D eigenvalue weighted by Crippen LogP contribution is -2.52. The van der Waals surface area contributed by atoms with E-state index in [9.17, 15) is 14.4 Å². The van der Waals surface area contributed by atoms with Crippen LogP contribution in [0.3, 0.4) is 0 Å². The van der Waals surface area contributed by atoms with Crippen LogP contribution in [0, 0.1) is 5.92 Å². The van der Waals surface area contributed by atoms with Crippen LogP contribution in [-0.4, -0.2) is 39.9 Å². The summed E-state index contributed by atoms with van der Waals surface area (Å²) in [6, 6.07) is 11.3. The second-order valence-corrected chi connectivity index (χ2v) is 8.74. The number of carboxylic acid groups (broad SMARTS) is 1. The summed E-state index contributed by atoms with van der Waals surface area (Å²) < 4.78 is 5.42. The van der Waals surface area contributed by atoms with Gasteiger partial charge >= 0.3 is 5.97 Å². The van der Waals surface area contributed by atoms with Crippen LogP contribution < -0.4 is 4.90 Å². The van der Waals surface area contributed by atoms with Gasteiger partial charge in [0.15, 0.2) is 5.76 Å². The Morgan fingerprint density at radius 3 is 2.55 bits per heavy atom. The Kier molecular flexibility index (Phi) is 5.04. The summed E-state index contributed by atoms with van der Waals surface area (Å²) in [4.78, 5) is 41.5. The molecular formula is C24H26N2O5. The number of rotatable bonds is 6. The summed E-state index contributed by atoms with van der Waals surface area (Å²) in [5.74, 6) is -0.759. The zero-order valence-electron chi connectivity index (χ0n) is 17.3. The zero-order valence-corrected chi connectivity index (χ0v) is 17.3. The van der Waals surface area contributed by atoms with Gasteiger partial charge in [-0.3, -0.25) is 14.4 Å². The highest BCUT2D eigenvalue weighted by Gasteiger charge is 2.51. The number of fused-ring (bicyclic) bond motifs is 2. The van der Waals surface area contributed by atoms with Gasteiger partial charge in [-0.1, -0.05) is 24.6 Å². The highest BCUT2D eigenvalue weighted by molar-refractivity contribution is 6.05. The number of carbonyl (C=O) groups excluding carboxylic acids is 2. The van der Waals surface area contributed by atoms with Gasteiger partial charge < -0.3 is 19.3 Å². The van der Waals surface area contributed by atoms with Crippen LogP contribution in [0.1, 0.15) is 67.1 Å². The van der Waals surface area contributed by atoms with E-state index in [0.29, 0.717) is 5.76 Å². The van der Waals surface area contributed by atoms with E-state index in [2.05, 4.69) is 0 Å². The Hall–Kier alpha value is -3.09. The minimum atomic E-state index is -0.956. The van der Waals surface area contributed by atoms with Gasteiger partial charge in [0.2, 0.25) is 5.91 Å². The van der Waals surface area contributed by atoms with Gasteiger partial charge in [-0.05, 0) is 49.4 Å². The van der Waals surface area contributed by atoms with Crippen LogP contribution in [0.25, 0.3) is 0 Å². The maximum atomic E-state index is 13.4. The maximum absolute atomic E-state index is 13.4. The molecule has 1 aromatic carbocycles. The van der Waals surface area contributed by atoms with Gasteiger partial charge in [0.1, 0.15) is 0 Å². The number of anilines is 1. The van der Waals surface area contributed by atoms with Crippen LogP contribution in [-0.2, 0) is 9.59 Å². The quantitative estimate of drug-likeness (QED) is 0.760. The predicted octanol–water partition coefficient (Wildman–Crippen LogP) is 4.01. The van der Waals surface area contributed by atoms with Gasteiger partial charge in [-0.2, -0.15) is 0 Å². The summed E-state index contributed by atoms with van der Waals surface area (Å²) in [6.45, 7) is 0. The van der Waals surface area contributed by atoms with E-state index < -0.39 is 5.97 Å². The van der Waals surface area contributed by atoms with E-state index in [1.807, 2.05) is 34.1 Å². The molecule has 162 valence electrons. The highest BCUT2D eigenvalue weighted by Crippen LogP contribution is 2.52. The molecule has 3 atom stereocenters. The second kappa shape index (κ2) is 7.87. The molecule has 7 heteroatoms. The smallest absolute Gasteiger partial charge is 0.303 e. The van der Waals surface area contributed by atoms with E-state index >= 15 is 0 Å². The number of carbonyl (C=O) groups is 3. The average molecular weight is 422 g/mol. The largest absolute Gasteiger partial charge is 0.481 e. The lowest BCUT2D eigenvalue weighted by molar-refractivity contribution is -0.142. The van der Waals surface area contributed by atoms with E-state index in [1.165, 1.54) is 6.26 Å². The van der Waals surface area contributed by atoms with Crippen molar-refractivity contribution in [1.82, 2.24) is 4.90 Å². The molecule has 1 aliphatic heterocycles. The minimum Gasteiger partial charge on any atom is -0.481 e. The fraction of sp³-hybridized carbons (Fsp3) is 0.458. The Balaban J connectivity index is 1.56. The molecule has 2 aliphatic carbocycles. The molecule has 0 unspecified atom stereocenters. The summed E-state index contributed by atoms with van der Waals surface area (Å²) in [5, 5.41) is 9.08. The molecule has 0 bridgehead atoms. The molecule has 2 aromatic rings. The predicted molar refractivity (Wildman–Crippen MR) is 113 cm³/mol. The van der Waals surface area contributed by atoms with E-state index in [4.69, 9.17) is 9.52 Å². The number of hydrogen-bond acceptors (Lipinski definition) is 4. The molecule has 2 fully saturated rings. The number of nitrogens with zero attached hydrogens (tertiary/aromatic N) is 2. The van der Waals surface area contributed by atoms with Gasteiger partial charge in [0, 0.05) is 30.1 Å². The third kappa shape index (κ3) is 3.52. The molecule has 5 rings (SSSR count). The lowest BCUT2D eigenvalue weighted by atomic mass is 9.81. The standard InChI is InChI=1S/C24H26N2O5/c27-21(12-13-22(28)29)25(15-10-11-15)23-16-5-1-2-7-18(16)26(19-8-3-6-17(19)23)24(30)20-9-4-14-31-20/h1-2,4-5,7,9,14-15,17,19,23H,3,6,8,10-13H2,(H,28,29)/t17-,19+,23-/m0/s1. The number of benzene rings is 1. The van der Waals surface area contributed by atoms with Crippen LogP contribution in [0.2, 0.25) is 0 Å². The normalized spacial score (nSPS) is 24.4. The van der Waals surface area contributed by atoms with E-state index in [1.54, 1.807) is 12.1 Å². The van der Waals surface area contributed by atoms with Crippen molar-refractivity contribution < 1.29 is 23.9 Å². The van der Waals surface area contributed by atoms with Gasteiger partial charge in [0.25, 0.3) is 5.91 Å². The number of para-hydroxylation sites is 1. The molecule has 1 aromatic heterocycles. The van der Waals surface area contributed by atoms with Gasteiger partial charge in [-0.15, -0.1) is 0 Å². The Morgan fingerprint density at radius 1 is 1.03 bits per heavy atom. The lowest BCUT2D eigenvalue weighted by Gasteiger charge is -2.47. The number of furan rings is 1. The monoisotopic (exact) mass is 422 g/mol. The molecular weight excluding hydrogens is 396 g/mol. The number of carboxylic acids is 1. The fourth-order valence-electron chi connectivity index (χ4n) is 5.44. The summed E-state index contributed by atoms with van der Waals surface area (Å²) in [5.41, 5.74) is 1.80. The van der Waals surface area contributed by atoms with Crippen molar-refractivity contribution in [3.63, 3.8) is 0 Å². The first-order valence-electron chi connectivity index (χ1n) is 11.0. The number of hydrogen-bond donors (Lipinski definition) is 1. The molecule has 3 aliphatic rings. The van der Waals surface area contributed by atoms with E-state index in [0.717, 1.165) is 43.4 Å². The van der Waals surface area contributed by atoms with Crippen molar-refractivity contribution in [2.24, 2.45) is 5.92 Å². The third-order valence-electron chi connectivity index (χ3n) is 6.82. The summed E-state index contributed by atoms with van der Waals surface area (Å²) in [7, 11) is 0. The van der Waals surface area contributed by atoms with Crippen LogP contribution in [0.4, 0.5) is 5.69 Å². The van der Waals surface area contributed by atoms with Crippen molar-refractivity contribution in [3.05, 3.63) is 54.0 Å². The van der Waals surface area contributed by atoms with Crippen LogP contribution >= 0.6 is 0 Å². The van der Waals surface area contributed by atoms with Crippen molar-refractivity contribution in [3.8, 4) is 0 Å². The topological polar surface area (TPSA) is 91.1 Å². The van der Waals surface area contributed by atoms with Crippen LogP contribution in [0.15, 0.2) is 47.1 Å². The second-order valence-electron chi connectivity index (χ2n) is 8.74. The number of amides is 2. The van der Waals surface area contributed by atoms with Crippen molar-refractivity contribution in [1.29, 1.82) is 0 Å². The Labute approximate surface area is 180 Å². The minimum absolute atomic E-state index is 0.00831. The molecule has 2 amide bonds. The first kappa shape index (κ1) is 19.8. The van der Waals surface area contributed by atoms with Crippen molar-refractivity contribution in [2.45, 2.75) is 63.1 Å².